The van der Waals surface area contributed by atoms with Gasteiger partial charge in [-0.1, -0.05) is 13.8 Å². The van der Waals surface area contributed by atoms with Crippen LogP contribution in [0.4, 0.5) is 5.82 Å². The third-order valence-electron chi connectivity index (χ3n) is 3.31. The lowest BCUT2D eigenvalue weighted by Gasteiger charge is -2.22. The summed E-state index contributed by atoms with van der Waals surface area (Å²) in [5.74, 6) is 1.78. The van der Waals surface area contributed by atoms with Crippen molar-refractivity contribution in [2.45, 2.75) is 39.8 Å². The van der Waals surface area contributed by atoms with E-state index in [1.807, 2.05) is 12.4 Å². The van der Waals surface area contributed by atoms with Gasteiger partial charge < -0.3 is 10.2 Å². The third-order valence-corrected chi connectivity index (χ3v) is 3.31. The Balaban J connectivity index is 2.10. The van der Waals surface area contributed by atoms with E-state index in [4.69, 9.17) is 0 Å². The van der Waals surface area contributed by atoms with Crippen LogP contribution in [0.3, 0.4) is 0 Å². The zero-order chi connectivity index (χ0) is 12.3. The highest BCUT2D eigenvalue weighted by Gasteiger charge is 2.27. The van der Waals surface area contributed by atoms with Gasteiger partial charge in [0.2, 0.25) is 0 Å². The Labute approximate surface area is 103 Å². The van der Waals surface area contributed by atoms with Gasteiger partial charge in [0.25, 0.3) is 0 Å². The van der Waals surface area contributed by atoms with E-state index in [0.29, 0.717) is 6.04 Å². The van der Waals surface area contributed by atoms with Gasteiger partial charge in [0.1, 0.15) is 5.82 Å². The highest BCUT2D eigenvalue weighted by Crippen LogP contribution is 2.26. The number of hydrogen-bond donors (Lipinski definition) is 1. The molecule has 2 unspecified atom stereocenters. The van der Waals surface area contributed by atoms with E-state index in [0.717, 1.165) is 37.1 Å². The Morgan fingerprint density at radius 2 is 2.24 bits per heavy atom. The van der Waals surface area contributed by atoms with E-state index in [9.17, 15) is 0 Å². The molecule has 0 spiro atoms. The highest BCUT2D eigenvalue weighted by molar-refractivity contribution is 5.39. The quantitative estimate of drug-likeness (QED) is 0.863. The Morgan fingerprint density at radius 1 is 1.41 bits per heavy atom. The molecule has 0 bridgehead atoms. The Hall–Kier alpha value is -1.16. The molecule has 2 heterocycles. The summed E-state index contributed by atoms with van der Waals surface area (Å²) in [6, 6.07) is 0.577. The molecule has 1 aromatic rings. The fourth-order valence-corrected chi connectivity index (χ4v) is 2.49. The maximum absolute atomic E-state index is 4.68. The first-order chi connectivity index (χ1) is 8.20. The largest absolute Gasteiger partial charge is 0.352 e. The first-order valence-electron chi connectivity index (χ1n) is 6.49. The van der Waals surface area contributed by atoms with Crippen LogP contribution in [0.5, 0.6) is 0 Å². The second-order valence-electron chi connectivity index (χ2n) is 4.99. The van der Waals surface area contributed by atoms with E-state index in [1.54, 1.807) is 0 Å². The molecule has 0 radical (unpaired) electrons. The molecular formula is C13H22N4. The molecule has 2 rings (SSSR count). The Kier molecular flexibility index (Phi) is 3.94. The number of nitrogens with zero attached hydrogens (tertiary/aromatic N) is 3. The van der Waals surface area contributed by atoms with Crippen LogP contribution in [0.25, 0.3) is 0 Å². The van der Waals surface area contributed by atoms with E-state index < -0.39 is 0 Å². The Bertz CT molecular complexity index is 366. The predicted molar refractivity (Wildman–Crippen MR) is 70.0 cm³/mol. The van der Waals surface area contributed by atoms with Crippen LogP contribution in [0.2, 0.25) is 0 Å². The maximum Gasteiger partial charge on any atom is 0.147 e. The fraction of sp³-hybridized carbons (Fsp3) is 0.692. The van der Waals surface area contributed by atoms with E-state index >= 15 is 0 Å². The molecule has 1 aliphatic heterocycles. The maximum atomic E-state index is 4.68. The van der Waals surface area contributed by atoms with Crippen LogP contribution < -0.4 is 10.2 Å². The summed E-state index contributed by atoms with van der Waals surface area (Å²) in [4.78, 5) is 11.3. The standard InChI is InChI=1S/C13H22N4/c1-4-14-6-12-7-15-8-13(16-12)17-9-10(2)5-11(17)3/h7-8,10-11,14H,4-6,9H2,1-3H3. The number of rotatable bonds is 4. The van der Waals surface area contributed by atoms with Crippen LogP contribution in [0.15, 0.2) is 12.4 Å². The van der Waals surface area contributed by atoms with Gasteiger partial charge in [0.15, 0.2) is 0 Å². The monoisotopic (exact) mass is 234 g/mol. The van der Waals surface area contributed by atoms with E-state index in [1.165, 1.54) is 6.42 Å². The molecule has 1 aromatic heterocycles. The molecule has 1 fully saturated rings. The average molecular weight is 234 g/mol. The van der Waals surface area contributed by atoms with Crippen LogP contribution in [0.1, 0.15) is 32.9 Å². The fourth-order valence-electron chi connectivity index (χ4n) is 2.49. The molecule has 1 saturated heterocycles. The predicted octanol–water partition coefficient (Wildman–Crippen LogP) is 1.82. The molecule has 4 nitrogen and oxygen atoms in total. The first-order valence-corrected chi connectivity index (χ1v) is 6.49. The molecule has 0 amide bonds. The van der Waals surface area contributed by atoms with Crippen LogP contribution >= 0.6 is 0 Å². The second kappa shape index (κ2) is 5.45. The molecular weight excluding hydrogens is 212 g/mol. The van der Waals surface area contributed by atoms with Gasteiger partial charge in [-0.2, -0.15) is 0 Å². The summed E-state index contributed by atoms with van der Waals surface area (Å²) < 4.78 is 0. The lowest BCUT2D eigenvalue weighted by Crippen LogP contribution is -2.28. The van der Waals surface area contributed by atoms with Crippen LogP contribution in [-0.4, -0.2) is 29.1 Å². The summed E-state index contributed by atoms with van der Waals surface area (Å²) in [6.07, 6.45) is 4.97. The molecule has 0 aromatic carbocycles. The van der Waals surface area contributed by atoms with Crippen molar-refractivity contribution >= 4 is 5.82 Å². The van der Waals surface area contributed by atoms with Crippen molar-refractivity contribution in [1.82, 2.24) is 15.3 Å². The first kappa shape index (κ1) is 12.3. The molecule has 1 N–H and O–H groups in total. The molecule has 1 aliphatic rings. The summed E-state index contributed by atoms with van der Waals surface area (Å²) in [6.45, 7) is 9.52. The van der Waals surface area contributed by atoms with E-state index in [2.05, 4.69) is 41.0 Å². The van der Waals surface area contributed by atoms with Crippen molar-refractivity contribution in [1.29, 1.82) is 0 Å². The minimum atomic E-state index is 0.577. The average Bonchev–Trinajstić information content (AvgIpc) is 2.66. The molecule has 0 aliphatic carbocycles. The van der Waals surface area contributed by atoms with Gasteiger partial charge in [-0.05, 0) is 25.8 Å². The summed E-state index contributed by atoms with van der Waals surface area (Å²) in [7, 11) is 0. The van der Waals surface area contributed by atoms with Crippen LogP contribution in [0, 0.1) is 5.92 Å². The second-order valence-corrected chi connectivity index (χ2v) is 4.99. The number of hydrogen-bond acceptors (Lipinski definition) is 4. The molecule has 2 atom stereocenters. The SMILES string of the molecule is CCNCc1cncc(N2CC(C)CC2C)n1. The van der Waals surface area contributed by atoms with Crippen molar-refractivity contribution in [2.75, 3.05) is 18.0 Å². The van der Waals surface area contributed by atoms with Gasteiger partial charge in [-0.15, -0.1) is 0 Å². The van der Waals surface area contributed by atoms with Gasteiger partial charge >= 0.3 is 0 Å². The normalized spacial score (nSPS) is 24.3. The highest BCUT2D eigenvalue weighted by atomic mass is 15.2. The smallest absolute Gasteiger partial charge is 0.147 e. The number of nitrogens with one attached hydrogen (secondary N) is 1. The zero-order valence-electron chi connectivity index (χ0n) is 11.0. The number of anilines is 1. The minimum Gasteiger partial charge on any atom is -0.352 e. The zero-order valence-corrected chi connectivity index (χ0v) is 11.0. The topological polar surface area (TPSA) is 41.1 Å². The van der Waals surface area contributed by atoms with Gasteiger partial charge in [0.05, 0.1) is 11.9 Å². The van der Waals surface area contributed by atoms with Gasteiger partial charge in [0, 0.05) is 25.3 Å². The minimum absolute atomic E-state index is 0.577. The lowest BCUT2D eigenvalue weighted by molar-refractivity contribution is 0.625. The van der Waals surface area contributed by atoms with Crippen molar-refractivity contribution in [3.05, 3.63) is 18.1 Å². The summed E-state index contributed by atoms with van der Waals surface area (Å²) >= 11 is 0. The molecule has 17 heavy (non-hydrogen) atoms. The summed E-state index contributed by atoms with van der Waals surface area (Å²) in [5, 5.41) is 3.28. The number of aromatic nitrogens is 2. The van der Waals surface area contributed by atoms with Crippen molar-refractivity contribution in [3.63, 3.8) is 0 Å². The summed E-state index contributed by atoms with van der Waals surface area (Å²) in [5.41, 5.74) is 1.02. The Morgan fingerprint density at radius 3 is 2.88 bits per heavy atom. The lowest BCUT2D eigenvalue weighted by atomic mass is 10.1. The van der Waals surface area contributed by atoms with E-state index in [-0.39, 0.29) is 0 Å². The molecule has 0 saturated carbocycles. The van der Waals surface area contributed by atoms with Gasteiger partial charge in [-0.3, -0.25) is 4.98 Å². The molecule has 4 heteroatoms. The van der Waals surface area contributed by atoms with Crippen molar-refractivity contribution in [2.24, 2.45) is 5.92 Å². The third kappa shape index (κ3) is 2.94. The van der Waals surface area contributed by atoms with Crippen molar-refractivity contribution < 1.29 is 0 Å². The van der Waals surface area contributed by atoms with Gasteiger partial charge in [-0.25, -0.2) is 4.98 Å². The van der Waals surface area contributed by atoms with Crippen molar-refractivity contribution in [3.8, 4) is 0 Å². The van der Waals surface area contributed by atoms with Crippen LogP contribution in [-0.2, 0) is 6.54 Å². The molecule has 94 valence electrons.